The molecule has 20 heavy (non-hydrogen) atoms. The van der Waals surface area contributed by atoms with Crippen LogP contribution < -0.4 is 4.90 Å². The minimum Gasteiger partial charge on any atom is -0.266 e. The number of hydrogen-bond acceptors (Lipinski definition) is 3. The number of thioether (sulfide) groups is 1. The summed E-state index contributed by atoms with van der Waals surface area (Å²) >= 11 is 1.54. The summed E-state index contributed by atoms with van der Waals surface area (Å²) in [6, 6.07) is 17.6. The first-order valence-electron chi connectivity index (χ1n) is 6.30. The van der Waals surface area contributed by atoms with Gasteiger partial charge in [0.05, 0.1) is 5.69 Å². The van der Waals surface area contributed by atoms with Crippen LogP contribution in [0.25, 0.3) is 6.08 Å². The average molecular weight is 278 g/mol. The molecule has 2 aliphatic rings. The van der Waals surface area contributed by atoms with E-state index < -0.39 is 0 Å². The fourth-order valence-corrected chi connectivity index (χ4v) is 3.33. The Kier molecular flexibility index (Phi) is 2.50. The third-order valence-corrected chi connectivity index (χ3v) is 4.26. The zero-order valence-corrected chi connectivity index (χ0v) is 11.3. The summed E-state index contributed by atoms with van der Waals surface area (Å²) in [5.41, 5.74) is 2.41. The van der Waals surface area contributed by atoms with Crippen LogP contribution in [0.2, 0.25) is 0 Å². The second-order valence-electron chi connectivity index (χ2n) is 4.54. The highest BCUT2D eigenvalue weighted by molar-refractivity contribution is 8.15. The van der Waals surface area contributed by atoms with Crippen LogP contribution >= 0.6 is 11.8 Å². The lowest BCUT2D eigenvalue weighted by molar-refractivity contribution is -0.113. The van der Waals surface area contributed by atoms with Crippen molar-refractivity contribution in [2.24, 2.45) is 4.99 Å². The number of para-hydroxylation sites is 1. The Hall–Kier alpha value is -2.33. The predicted octanol–water partition coefficient (Wildman–Crippen LogP) is 3.54. The molecule has 4 rings (SSSR count). The molecule has 2 aromatic rings. The van der Waals surface area contributed by atoms with Crippen molar-refractivity contribution >= 4 is 34.6 Å². The van der Waals surface area contributed by atoms with Crippen molar-refractivity contribution in [1.82, 2.24) is 0 Å². The van der Waals surface area contributed by atoms with Gasteiger partial charge in [-0.15, -0.1) is 0 Å². The monoisotopic (exact) mass is 278 g/mol. The molecule has 0 atom stereocenters. The molecule has 2 heterocycles. The fraction of sp³-hybridized carbons (Fsp3) is 0. The lowest BCUT2D eigenvalue weighted by Gasteiger charge is -2.09. The van der Waals surface area contributed by atoms with E-state index in [1.165, 1.54) is 11.8 Å². The van der Waals surface area contributed by atoms with Gasteiger partial charge in [0.25, 0.3) is 5.91 Å². The Labute approximate surface area is 120 Å². The van der Waals surface area contributed by atoms with Crippen LogP contribution in [0, 0.1) is 0 Å². The van der Waals surface area contributed by atoms with Gasteiger partial charge in [-0.25, -0.2) is 4.99 Å². The molecule has 0 N–H and O–H groups in total. The molecular weight excluding hydrogens is 268 g/mol. The van der Waals surface area contributed by atoms with Crippen molar-refractivity contribution in [3.63, 3.8) is 0 Å². The Morgan fingerprint density at radius 3 is 2.60 bits per heavy atom. The lowest BCUT2D eigenvalue weighted by atomic mass is 10.2. The van der Waals surface area contributed by atoms with Crippen molar-refractivity contribution in [1.29, 1.82) is 0 Å². The molecule has 3 nitrogen and oxygen atoms in total. The quantitative estimate of drug-likeness (QED) is 0.747. The van der Waals surface area contributed by atoms with E-state index in [-0.39, 0.29) is 5.91 Å². The average Bonchev–Trinajstić information content (AvgIpc) is 2.98. The number of amidine groups is 1. The highest BCUT2D eigenvalue weighted by Crippen LogP contribution is 2.43. The van der Waals surface area contributed by atoms with Crippen LogP contribution in [0.4, 0.5) is 5.69 Å². The Morgan fingerprint density at radius 2 is 1.75 bits per heavy atom. The maximum atomic E-state index is 12.5. The third kappa shape index (κ3) is 1.69. The Bertz CT molecular complexity index is 765. The van der Waals surface area contributed by atoms with Crippen LogP contribution in [0.5, 0.6) is 0 Å². The van der Waals surface area contributed by atoms with Gasteiger partial charge < -0.3 is 0 Å². The molecule has 2 aromatic carbocycles. The first-order chi connectivity index (χ1) is 9.83. The molecule has 0 spiro atoms. The summed E-state index contributed by atoms with van der Waals surface area (Å²) in [4.78, 5) is 19.7. The molecular formula is C16H10N2OS. The number of carbonyl (C=O) groups excluding carboxylic acids is 1. The smallest absolute Gasteiger partial charge is 0.266 e. The van der Waals surface area contributed by atoms with E-state index >= 15 is 0 Å². The first-order valence-corrected chi connectivity index (χ1v) is 7.11. The second kappa shape index (κ2) is 4.35. The van der Waals surface area contributed by atoms with Gasteiger partial charge in [-0.05, 0) is 35.5 Å². The van der Waals surface area contributed by atoms with Crippen molar-refractivity contribution in [3.05, 3.63) is 65.9 Å². The number of nitrogens with zero attached hydrogens (tertiary/aromatic N) is 2. The van der Waals surface area contributed by atoms with Gasteiger partial charge in [-0.1, -0.05) is 42.5 Å². The van der Waals surface area contributed by atoms with Crippen molar-refractivity contribution in [3.8, 4) is 0 Å². The Morgan fingerprint density at radius 1 is 1.00 bits per heavy atom. The molecule has 0 radical (unpaired) electrons. The van der Waals surface area contributed by atoms with E-state index in [2.05, 4.69) is 4.99 Å². The molecule has 0 saturated carbocycles. The van der Waals surface area contributed by atoms with Crippen LogP contribution in [-0.2, 0) is 4.79 Å². The second-order valence-corrected chi connectivity index (χ2v) is 5.55. The van der Waals surface area contributed by atoms with Crippen LogP contribution in [-0.4, -0.2) is 11.1 Å². The lowest BCUT2D eigenvalue weighted by Crippen LogP contribution is -2.26. The molecule has 0 saturated heterocycles. The number of amides is 1. The van der Waals surface area contributed by atoms with Crippen LogP contribution in [0.3, 0.4) is 0 Å². The molecule has 2 aliphatic heterocycles. The summed E-state index contributed by atoms with van der Waals surface area (Å²) in [6.07, 6.45) is 1.83. The summed E-state index contributed by atoms with van der Waals surface area (Å²) < 4.78 is 0. The first kappa shape index (κ1) is 11.5. The summed E-state index contributed by atoms with van der Waals surface area (Å²) in [6.45, 7) is 0. The van der Waals surface area contributed by atoms with Gasteiger partial charge in [0.2, 0.25) is 0 Å². The van der Waals surface area contributed by atoms with Gasteiger partial charge in [-0.3, -0.25) is 9.69 Å². The predicted molar refractivity (Wildman–Crippen MR) is 81.6 cm³/mol. The van der Waals surface area contributed by atoms with E-state index in [0.29, 0.717) is 5.70 Å². The normalized spacial score (nSPS) is 18.2. The van der Waals surface area contributed by atoms with Crippen molar-refractivity contribution in [2.45, 2.75) is 4.90 Å². The number of benzene rings is 2. The van der Waals surface area contributed by atoms with Gasteiger partial charge in [0.15, 0.2) is 5.17 Å². The fourth-order valence-electron chi connectivity index (χ4n) is 2.31. The largest absolute Gasteiger partial charge is 0.283 e. The minimum absolute atomic E-state index is 0.0543. The molecule has 0 fully saturated rings. The zero-order chi connectivity index (χ0) is 13.5. The van der Waals surface area contributed by atoms with Gasteiger partial charge in [0.1, 0.15) is 5.70 Å². The van der Waals surface area contributed by atoms with E-state index in [0.717, 1.165) is 21.3 Å². The van der Waals surface area contributed by atoms with Crippen molar-refractivity contribution in [2.75, 3.05) is 4.90 Å². The number of hydrogen-bond donors (Lipinski definition) is 0. The summed E-state index contributed by atoms with van der Waals surface area (Å²) in [7, 11) is 0. The molecule has 0 bridgehead atoms. The SMILES string of the molecule is O=C1/C(=C/c2ccccc2)N=C2Sc3ccccc3N12. The minimum atomic E-state index is -0.0543. The van der Waals surface area contributed by atoms with Crippen LogP contribution in [0.15, 0.2) is 70.2 Å². The van der Waals surface area contributed by atoms with Gasteiger partial charge >= 0.3 is 0 Å². The van der Waals surface area contributed by atoms with Crippen molar-refractivity contribution < 1.29 is 4.79 Å². The zero-order valence-electron chi connectivity index (χ0n) is 10.5. The third-order valence-electron chi connectivity index (χ3n) is 3.24. The highest BCUT2D eigenvalue weighted by Gasteiger charge is 2.38. The maximum absolute atomic E-state index is 12.5. The number of rotatable bonds is 1. The standard InChI is InChI=1S/C16H10N2OS/c19-15-12(10-11-6-2-1-3-7-11)17-16-18(15)13-8-4-5-9-14(13)20-16/h1-10H/b12-10-. The Balaban J connectivity index is 1.75. The van der Waals surface area contributed by atoms with E-state index in [1.807, 2.05) is 60.7 Å². The van der Waals surface area contributed by atoms with E-state index in [9.17, 15) is 4.79 Å². The molecule has 96 valence electrons. The molecule has 0 aliphatic carbocycles. The number of fused-ring (bicyclic) bond motifs is 3. The molecule has 0 unspecified atom stereocenters. The molecule has 4 heteroatoms. The number of carbonyl (C=O) groups is 1. The summed E-state index contributed by atoms with van der Waals surface area (Å²) in [5, 5.41) is 0.749. The van der Waals surface area contributed by atoms with Gasteiger partial charge in [0, 0.05) is 4.90 Å². The van der Waals surface area contributed by atoms with Crippen LogP contribution in [0.1, 0.15) is 5.56 Å². The summed E-state index contributed by atoms with van der Waals surface area (Å²) in [5.74, 6) is -0.0543. The number of aliphatic imine (C=N–C) groups is 1. The topological polar surface area (TPSA) is 32.7 Å². The highest BCUT2D eigenvalue weighted by atomic mass is 32.2. The van der Waals surface area contributed by atoms with E-state index in [1.54, 1.807) is 4.90 Å². The van der Waals surface area contributed by atoms with Gasteiger partial charge in [-0.2, -0.15) is 0 Å². The molecule has 0 aromatic heterocycles. The molecule has 1 amide bonds. The maximum Gasteiger partial charge on any atom is 0.283 e. The van der Waals surface area contributed by atoms with E-state index in [4.69, 9.17) is 0 Å². The number of anilines is 1.